The zero-order valence-corrected chi connectivity index (χ0v) is 16.4. The van der Waals surface area contributed by atoms with Crippen molar-refractivity contribution in [2.24, 2.45) is 0 Å². The summed E-state index contributed by atoms with van der Waals surface area (Å²) in [5.74, 6) is 0.996. The van der Waals surface area contributed by atoms with Gasteiger partial charge < -0.3 is 10.2 Å². The first kappa shape index (κ1) is 18.5. The molecule has 1 N–H and O–H groups in total. The third-order valence-corrected chi connectivity index (χ3v) is 4.95. The average molecular weight is 411 g/mol. The Balaban J connectivity index is 1.63. The Hall–Kier alpha value is -2.24. The van der Waals surface area contributed by atoms with Crippen molar-refractivity contribution in [3.05, 3.63) is 88.8 Å². The lowest BCUT2D eigenvalue weighted by atomic mass is 10.1. The molecule has 0 aliphatic carbocycles. The van der Waals surface area contributed by atoms with Gasteiger partial charge in [0.2, 0.25) is 0 Å². The summed E-state index contributed by atoms with van der Waals surface area (Å²) in [6.45, 7) is 4.74. The second-order valence-electron chi connectivity index (χ2n) is 6.17. The Morgan fingerprint density at radius 3 is 2.58 bits per heavy atom. The molecular formula is C21H23BrN4. The van der Waals surface area contributed by atoms with E-state index in [0.717, 1.165) is 29.9 Å². The van der Waals surface area contributed by atoms with Crippen LogP contribution >= 0.6 is 15.9 Å². The smallest absolute Gasteiger partial charge is 0.128 e. The molecule has 134 valence electrons. The summed E-state index contributed by atoms with van der Waals surface area (Å²) in [6, 6.07) is 18.8. The highest BCUT2D eigenvalue weighted by atomic mass is 79.9. The Kier molecular flexibility index (Phi) is 6.75. The lowest BCUT2D eigenvalue weighted by molar-refractivity contribution is 0.565. The number of benzene rings is 1. The first-order valence-corrected chi connectivity index (χ1v) is 9.56. The SMILES string of the molecule is CC(NCCN(Cc1ccccc1)c1ccccn1)c1ccncc1Br. The minimum absolute atomic E-state index is 0.245. The highest BCUT2D eigenvalue weighted by Crippen LogP contribution is 2.21. The largest absolute Gasteiger partial charge is 0.351 e. The van der Waals surface area contributed by atoms with Crippen molar-refractivity contribution < 1.29 is 0 Å². The predicted molar refractivity (Wildman–Crippen MR) is 110 cm³/mol. The van der Waals surface area contributed by atoms with Gasteiger partial charge in [-0.05, 0) is 52.2 Å². The van der Waals surface area contributed by atoms with Crippen LogP contribution in [0.2, 0.25) is 0 Å². The highest BCUT2D eigenvalue weighted by Gasteiger charge is 2.11. The molecule has 2 aromatic heterocycles. The molecule has 0 aliphatic heterocycles. The van der Waals surface area contributed by atoms with Crippen LogP contribution in [0.4, 0.5) is 5.82 Å². The van der Waals surface area contributed by atoms with E-state index >= 15 is 0 Å². The van der Waals surface area contributed by atoms with Crippen LogP contribution in [0.5, 0.6) is 0 Å². The molecule has 5 heteroatoms. The Labute approximate surface area is 163 Å². The van der Waals surface area contributed by atoms with Gasteiger partial charge in [0.05, 0.1) is 0 Å². The average Bonchev–Trinajstić information content (AvgIpc) is 2.69. The summed E-state index contributed by atoms with van der Waals surface area (Å²) in [5.41, 5.74) is 2.50. The summed E-state index contributed by atoms with van der Waals surface area (Å²) in [6.07, 6.45) is 5.51. The quantitative estimate of drug-likeness (QED) is 0.589. The molecule has 0 radical (unpaired) electrons. The number of hydrogen-bond donors (Lipinski definition) is 1. The third-order valence-electron chi connectivity index (χ3n) is 4.29. The number of aromatic nitrogens is 2. The molecule has 2 heterocycles. The van der Waals surface area contributed by atoms with E-state index in [1.165, 1.54) is 11.1 Å². The highest BCUT2D eigenvalue weighted by molar-refractivity contribution is 9.10. The lowest BCUT2D eigenvalue weighted by Crippen LogP contribution is -2.33. The first-order chi connectivity index (χ1) is 12.7. The fraction of sp³-hybridized carbons (Fsp3) is 0.238. The minimum atomic E-state index is 0.245. The van der Waals surface area contributed by atoms with Crippen molar-refractivity contribution in [1.29, 1.82) is 0 Å². The van der Waals surface area contributed by atoms with E-state index < -0.39 is 0 Å². The summed E-state index contributed by atoms with van der Waals surface area (Å²) < 4.78 is 1.03. The van der Waals surface area contributed by atoms with Gasteiger partial charge in [-0.25, -0.2) is 4.98 Å². The zero-order chi connectivity index (χ0) is 18.2. The van der Waals surface area contributed by atoms with Gasteiger partial charge in [0.25, 0.3) is 0 Å². The minimum Gasteiger partial charge on any atom is -0.351 e. The number of halogens is 1. The van der Waals surface area contributed by atoms with Crippen molar-refractivity contribution in [2.45, 2.75) is 19.5 Å². The number of hydrogen-bond acceptors (Lipinski definition) is 4. The van der Waals surface area contributed by atoms with Crippen LogP contribution in [-0.2, 0) is 6.54 Å². The molecule has 4 nitrogen and oxygen atoms in total. The summed E-state index contributed by atoms with van der Waals surface area (Å²) in [5, 5.41) is 3.60. The molecule has 3 aromatic rings. The molecular weight excluding hydrogens is 388 g/mol. The van der Waals surface area contributed by atoms with Gasteiger partial charge in [-0.1, -0.05) is 36.4 Å². The number of anilines is 1. The van der Waals surface area contributed by atoms with Gasteiger partial charge in [-0.2, -0.15) is 0 Å². The molecule has 0 saturated carbocycles. The normalized spacial score (nSPS) is 11.9. The summed E-state index contributed by atoms with van der Waals surface area (Å²) in [4.78, 5) is 11.0. The lowest BCUT2D eigenvalue weighted by Gasteiger charge is -2.25. The molecule has 0 aliphatic rings. The zero-order valence-electron chi connectivity index (χ0n) is 14.8. The van der Waals surface area contributed by atoms with Crippen molar-refractivity contribution in [2.75, 3.05) is 18.0 Å². The molecule has 1 atom stereocenters. The molecule has 0 fully saturated rings. The van der Waals surface area contributed by atoms with Crippen LogP contribution in [0.1, 0.15) is 24.1 Å². The van der Waals surface area contributed by atoms with Crippen molar-refractivity contribution >= 4 is 21.7 Å². The van der Waals surface area contributed by atoms with Crippen LogP contribution in [0, 0.1) is 0 Å². The van der Waals surface area contributed by atoms with Crippen LogP contribution in [0.15, 0.2) is 77.7 Å². The van der Waals surface area contributed by atoms with Gasteiger partial charge in [0.15, 0.2) is 0 Å². The van der Waals surface area contributed by atoms with Gasteiger partial charge >= 0.3 is 0 Å². The van der Waals surface area contributed by atoms with Gasteiger partial charge in [0.1, 0.15) is 5.82 Å². The van der Waals surface area contributed by atoms with Crippen molar-refractivity contribution in [3.63, 3.8) is 0 Å². The number of nitrogens with one attached hydrogen (secondary N) is 1. The van der Waals surface area contributed by atoms with E-state index in [0.29, 0.717) is 0 Å². The summed E-state index contributed by atoms with van der Waals surface area (Å²) in [7, 11) is 0. The van der Waals surface area contributed by atoms with Crippen LogP contribution < -0.4 is 10.2 Å². The molecule has 1 unspecified atom stereocenters. The summed E-state index contributed by atoms with van der Waals surface area (Å²) >= 11 is 3.58. The Morgan fingerprint density at radius 1 is 1.04 bits per heavy atom. The van der Waals surface area contributed by atoms with Crippen molar-refractivity contribution in [1.82, 2.24) is 15.3 Å². The molecule has 0 amide bonds. The van der Waals surface area contributed by atoms with E-state index in [4.69, 9.17) is 0 Å². The van der Waals surface area contributed by atoms with Crippen LogP contribution in [0.3, 0.4) is 0 Å². The standard InChI is InChI=1S/C21H23BrN4/c1-17(19-10-12-23-15-20(19)22)24-13-14-26(21-9-5-6-11-25-21)16-18-7-3-2-4-8-18/h2-12,15,17,24H,13-14,16H2,1H3. The topological polar surface area (TPSA) is 41.0 Å². The molecule has 1 aromatic carbocycles. The maximum atomic E-state index is 4.53. The van der Waals surface area contributed by atoms with Crippen molar-refractivity contribution in [3.8, 4) is 0 Å². The van der Waals surface area contributed by atoms with Crippen LogP contribution in [0.25, 0.3) is 0 Å². The van der Waals surface area contributed by atoms with E-state index in [9.17, 15) is 0 Å². The molecule has 0 saturated heterocycles. The monoisotopic (exact) mass is 410 g/mol. The van der Waals surface area contributed by atoms with Crippen LogP contribution in [-0.4, -0.2) is 23.1 Å². The van der Waals surface area contributed by atoms with E-state index in [1.807, 2.05) is 42.9 Å². The fourth-order valence-corrected chi connectivity index (χ4v) is 3.48. The van der Waals surface area contributed by atoms with Gasteiger partial charge in [-0.15, -0.1) is 0 Å². The maximum Gasteiger partial charge on any atom is 0.128 e. The first-order valence-electron chi connectivity index (χ1n) is 8.77. The number of rotatable bonds is 8. The Bertz CT molecular complexity index is 795. The number of nitrogens with zero attached hydrogens (tertiary/aromatic N) is 3. The van der Waals surface area contributed by atoms with E-state index in [1.54, 1.807) is 0 Å². The van der Waals surface area contributed by atoms with Gasteiger partial charge in [0, 0.05) is 48.7 Å². The Morgan fingerprint density at radius 2 is 1.85 bits per heavy atom. The molecule has 26 heavy (non-hydrogen) atoms. The number of pyridine rings is 2. The third kappa shape index (κ3) is 5.13. The van der Waals surface area contributed by atoms with Gasteiger partial charge in [-0.3, -0.25) is 4.98 Å². The molecule has 0 bridgehead atoms. The predicted octanol–water partition coefficient (Wildman–Crippen LogP) is 4.60. The fourth-order valence-electron chi connectivity index (χ4n) is 2.88. The van der Waals surface area contributed by atoms with E-state index in [2.05, 4.69) is 73.4 Å². The molecule has 3 rings (SSSR count). The second-order valence-corrected chi connectivity index (χ2v) is 7.02. The van der Waals surface area contributed by atoms with E-state index in [-0.39, 0.29) is 6.04 Å². The molecule has 0 spiro atoms. The maximum absolute atomic E-state index is 4.53. The second kappa shape index (κ2) is 9.46.